The fraction of sp³-hybridized carbons (Fsp3) is 0.217. The summed E-state index contributed by atoms with van der Waals surface area (Å²) in [7, 11) is 3.60. The van der Waals surface area contributed by atoms with E-state index in [1.165, 1.54) is 4.57 Å². The molecule has 0 saturated heterocycles. The summed E-state index contributed by atoms with van der Waals surface area (Å²) in [5.74, 6) is 0.930. The van der Waals surface area contributed by atoms with Gasteiger partial charge in [-0.1, -0.05) is 23.7 Å². The zero-order valence-electron chi connectivity index (χ0n) is 18.4. The number of nitrogens with zero attached hydrogens (tertiary/aromatic N) is 4. The van der Waals surface area contributed by atoms with Crippen molar-refractivity contribution >= 4 is 30.2 Å². The van der Waals surface area contributed by atoms with Crippen LogP contribution in [0.4, 0.5) is 5.95 Å². The first-order valence-electron chi connectivity index (χ1n) is 10.2. The highest BCUT2D eigenvalue weighted by molar-refractivity contribution is 6.30. The van der Waals surface area contributed by atoms with Gasteiger partial charge in [0.05, 0.1) is 18.3 Å². The molecule has 0 amide bonds. The summed E-state index contributed by atoms with van der Waals surface area (Å²) >= 11 is 6.11. The highest BCUT2D eigenvalue weighted by Gasteiger charge is 2.19. The molecule has 33 heavy (non-hydrogen) atoms. The van der Waals surface area contributed by atoms with E-state index in [4.69, 9.17) is 17.0 Å². The van der Waals surface area contributed by atoms with E-state index in [0.717, 1.165) is 29.4 Å². The number of aromatic nitrogens is 3. The van der Waals surface area contributed by atoms with Crippen LogP contribution in [0.25, 0.3) is 11.3 Å². The number of aliphatic hydroxyl groups excluding tert-OH is 1. The van der Waals surface area contributed by atoms with E-state index in [0.29, 0.717) is 29.0 Å². The zero-order chi connectivity index (χ0) is 23.8. The maximum absolute atomic E-state index is 11.7. The molecule has 4 N–H and O–H groups in total. The molecule has 0 radical (unpaired) electrons. The molecule has 0 aliphatic rings. The van der Waals surface area contributed by atoms with Gasteiger partial charge in [-0.05, 0) is 43.0 Å². The van der Waals surface area contributed by atoms with Crippen LogP contribution in [0.15, 0.2) is 60.7 Å². The Kier molecular flexibility index (Phi) is 8.31. The van der Waals surface area contributed by atoms with Gasteiger partial charge in [0.25, 0.3) is 0 Å². The second kappa shape index (κ2) is 11.4. The largest absolute Gasteiger partial charge is 0.394 e. The average molecular weight is 468 g/mol. The third-order valence-electron chi connectivity index (χ3n) is 5.11. The fourth-order valence-corrected chi connectivity index (χ4v) is 3.64. The van der Waals surface area contributed by atoms with Gasteiger partial charge in [-0.3, -0.25) is 14.3 Å². The molecule has 0 aliphatic carbocycles. The third kappa shape index (κ3) is 6.04. The Balaban J connectivity index is 1.84. The molecule has 10 heteroatoms. The standard InChI is InChI=1S/C23H26ClN7O2/c1-26-22(6-8-25)29-23-27-9-7-20(28-23)17-11-19(31(12-17)15-33)13-30(2)21(14-32)16-4-3-5-18(24)10-16/h3-12,15,21,25-26,32H,13-14H2,1-2H3,(H,27,28,29)/b22-6+,25-8?. The summed E-state index contributed by atoms with van der Waals surface area (Å²) in [6, 6.07) is 10.7. The number of carbonyl (C=O) groups is 1. The van der Waals surface area contributed by atoms with Crippen molar-refractivity contribution in [3.63, 3.8) is 0 Å². The van der Waals surface area contributed by atoms with Gasteiger partial charge in [0.1, 0.15) is 5.82 Å². The smallest absolute Gasteiger partial charge is 0.228 e. The van der Waals surface area contributed by atoms with Crippen molar-refractivity contribution in [1.29, 1.82) is 5.41 Å². The Bertz CT molecular complexity index is 1150. The molecule has 2 aromatic heterocycles. The van der Waals surface area contributed by atoms with Crippen molar-refractivity contribution in [2.75, 3.05) is 26.0 Å². The van der Waals surface area contributed by atoms with E-state index < -0.39 is 0 Å². The molecule has 9 nitrogen and oxygen atoms in total. The van der Waals surface area contributed by atoms with Crippen molar-refractivity contribution in [2.45, 2.75) is 12.6 Å². The van der Waals surface area contributed by atoms with Gasteiger partial charge >= 0.3 is 0 Å². The Labute approximate surface area is 197 Å². The highest BCUT2D eigenvalue weighted by Crippen LogP contribution is 2.26. The summed E-state index contributed by atoms with van der Waals surface area (Å²) in [4.78, 5) is 22.4. The number of likely N-dealkylation sites (N-methyl/N-ethyl adjacent to an activating group) is 1. The first-order valence-corrected chi connectivity index (χ1v) is 10.6. The Morgan fingerprint density at radius 1 is 1.36 bits per heavy atom. The van der Waals surface area contributed by atoms with E-state index in [-0.39, 0.29) is 12.6 Å². The minimum atomic E-state index is -0.280. The van der Waals surface area contributed by atoms with E-state index in [1.807, 2.05) is 36.2 Å². The molecular weight excluding hydrogens is 442 g/mol. The molecular formula is C23H26ClN7O2. The van der Waals surface area contributed by atoms with Gasteiger partial charge in [0.2, 0.25) is 12.4 Å². The molecule has 0 fully saturated rings. The number of hydrogen-bond acceptors (Lipinski definition) is 8. The van der Waals surface area contributed by atoms with Crippen molar-refractivity contribution in [3.8, 4) is 11.3 Å². The van der Waals surface area contributed by atoms with Crippen LogP contribution in [0.3, 0.4) is 0 Å². The lowest BCUT2D eigenvalue weighted by molar-refractivity contribution is 0.141. The van der Waals surface area contributed by atoms with Gasteiger partial charge in [0, 0.05) is 48.5 Å². The molecule has 0 spiro atoms. The van der Waals surface area contributed by atoms with Crippen LogP contribution in [-0.4, -0.2) is 57.9 Å². The molecule has 0 aliphatic heterocycles. The number of allylic oxidation sites excluding steroid dienone is 1. The van der Waals surface area contributed by atoms with E-state index in [2.05, 4.69) is 20.6 Å². The maximum atomic E-state index is 11.7. The monoisotopic (exact) mass is 467 g/mol. The number of carbonyl (C=O) groups excluding carboxylic acids is 1. The number of halogens is 1. The van der Waals surface area contributed by atoms with Crippen molar-refractivity contribution in [3.05, 3.63) is 77.0 Å². The van der Waals surface area contributed by atoms with Crippen LogP contribution in [0.1, 0.15) is 17.3 Å². The fourth-order valence-electron chi connectivity index (χ4n) is 3.44. The Morgan fingerprint density at radius 3 is 2.85 bits per heavy atom. The molecule has 0 saturated carbocycles. The van der Waals surface area contributed by atoms with Gasteiger partial charge in [-0.15, -0.1) is 0 Å². The second-order valence-electron chi connectivity index (χ2n) is 7.29. The molecule has 3 rings (SSSR count). The van der Waals surface area contributed by atoms with E-state index in [9.17, 15) is 9.90 Å². The van der Waals surface area contributed by atoms with E-state index >= 15 is 0 Å². The van der Waals surface area contributed by atoms with Crippen LogP contribution in [0, 0.1) is 5.41 Å². The van der Waals surface area contributed by atoms with Gasteiger partial charge in [-0.2, -0.15) is 0 Å². The molecule has 1 atom stereocenters. The third-order valence-corrected chi connectivity index (χ3v) is 5.35. The molecule has 3 aromatic rings. The maximum Gasteiger partial charge on any atom is 0.228 e. The molecule has 1 aromatic carbocycles. The predicted octanol–water partition coefficient (Wildman–Crippen LogP) is 2.92. The number of nitrogens with one attached hydrogen (secondary N) is 3. The minimum Gasteiger partial charge on any atom is -0.394 e. The SMILES string of the molecule is CN/C(=C\C=N)Nc1nccc(-c2cc(CN(C)C(CO)c3cccc(Cl)c3)n(C=O)c2)n1. The normalized spacial score (nSPS) is 12.5. The average Bonchev–Trinajstić information content (AvgIpc) is 3.22. The van der Waals surface area contributed by atoms with E-state index in [1.54, 1.807) is 37.7 Å². The zero-order valence-corrected chi connectivity index (χ0v) is 19.1. The first-order chi connectivity index (χ1) is 16.0. The highest BCUT2D eigenvalue weighted by atomic mass is 35.5. The van der Waals surface area contributed by atoms with Crippen LogP contribution in [-0.2, 0) is 11.3 Å². The molecule has 1 unspecified atom stereocenters. The van der Waals surface area contributed by atoms with Gasteiger partial charge < -0.3 is 21.1 Å². The lowest BCUT2D eigenvalue weighted by Crippen LogP contribution is -2.27. The topological polar surface area (TPSA) is 119 Å². The Hall–Kier alpha value is -3.53. The van der Waals surface area contributed by atoms with Crippen molar-refractivity contribution in [2.24, 2.45) is 0 Å². The summed E-state index contributed by atoms with van der Waals surface area (Å²) < 4.78 is 1.50. The molecule has 0 bridgehead atoms. The number of hydrogen-bond donors (Lipinski definition) is 4. The predicted molar refractivity (Wildman–Crippen MR) is 130 cm³/mol. The summed E-state index contributed by atoms with van der Waals surface area (Å²) in [6.07, 6.45) is 6.77. The van der Waals surface area contributed by atoms with Crippen LogP contribution in [0.2, 0.25) is 5.02 Å². The lowest BCUT2D eigenvalue weighted by atomic mass is 10.1. The summed E-state index contributed by atoms with van der Waals surface area (Å²) in [6.45, 7) is 0.322. The number of aliphatic hydroxyl groups is 1. The van der Waals surface area contributed by atoms with Crippen LogP contribution in [0.5, 0.6) is 0 Å². The number of anilines is 1. The van der Waals surface area contributed by atoms with Gasteiger partial charge in [0.15, 0.2) is 0 Å². The van der Waals surface area contributed by atoms with Crippen molar-refractivity contribution in [1.82, 2.24) is 24.8 Å². The number of rotatable bonds is 11. The summed E-state index contributed by atoms with van der Waals surface area (Å²) in [5.41, 5.74) is 3.02. The minimum absolute atomic E-state index is 0.0937. The molecule has 172 valence electrons. The second-order valence-corrected chi connectivity index (χ2v) is 7.73. The van der Waals surface area contributed by atoms with Crippen molar-refractivity contribution < 1.29 is 9.90 Å². The lowest BCUT2D eigenvalue weighted by Gasteiger charge is -2.27. The number of benzene rings is 1. The molecule has 2 heterocycles. The Morgan fingerprint density at radius 2 is 2.18 bits per heavy atom. The van der Waals surface area contributed by atoms with Gasteiger partial charge in [-0.25, -0.2) is 9.97 Å². The summed E-state index contributed by atoms with van der Waals surface area (Å²) in [5, 5.41) is 23.7. The quantitative estimate of drug-likeness (QED) is 0.253. The first kappa shape index (κ1) is 24.1. The van der Waals surface area contributed by atoms with Crippen LogP contribution >= 0.6 is 11.6 Å². The van der Waals surface area contributed by atoms with Crippen LogP contribution < -0.4 is 10.6 Å².